The molecular weight excluding hydrogens is 315 g/mol. The van der Waals surface area contributed by atoms with Crippen molar-refractivity contribution in [1.29, 1.82) is 0 Å². The number of nitrogens with zero attached hydrogens (tertiary/aromatic N) is 3. The molecule has 2 heterocycles. The molecule has 1 aliphatic rings. The maximum atomic E-state index is 13.3. The predicted octanol–water partition coefficient (Wildman–Crippen LogP) is 2.68. The van der Waals surface area contributed by atoms with Crippen LogP contribution >= 0.6 is 0 Å². The Kier molecular flexibility index (Phi) is 4.10. The van der Waals surface area contributed by atoms with Gasteiger partial charge in [0.15, 0.2) is 0 Å². The van der Waals surface area contributed by atoms with Crippen LogP contribution in [0, 0.1) is 0 Å². The first kappa shape index (κ1) is 17.2. The number of hydrogen-bond acceptors (Lipinski definition) is 5. The van der Waals surface area contributed by atoms with Gasteiger partial charge in [-0.15, -0.1) is 0 Å². The van der Waals surface area contributed by atoms with Gasteiger partial charge in [-0.2, -0.15) is 23.3 Å². The molecule has 0 spiro atoms. The average Bonchev–Trinajstić information content (AvgIpc) is 2.77. The molecule has 0 radical (unpaired) electrons. The fraction of sp³-hybridized carbons (Fsp3) is 0.500. The van der Waals surface area contributed by atoms with Crippen molar-refractivity contribution in [1.82, 2.24) is 9.99 Å². The summed E-state index contributed by atoms with van der Waals surface area (Å²) in [7, 11) is 0. The molecule has 23 heavy (non-hydrogen) atoms. The topological polar surface area (TPSA) is 75.0 Å². The van der Waals surface area contributed by atoms with E-state index in [2.05, 4.69) is 10.1 Å². The van der Waals surface area contributed by atoms with Crippen LogP contribution in [0.25, 0.3) is 0 Å². The standard InChI is InChI=1S/C14H16F3N3O3/c1-12(2,3)23-11(21)20-13(22,14(15,16)17)7-10(19-20)9-5-4-6-18-8-9/h4-6,8,22H,7H2,1-3H3/t13-/m0/s1. The first-order valence-corrected chi connectivity index (χ1v) is 6.74. The van der Waals surface area contributed by atoms with Crippen molar-refractivity contribution >= 4 is 11.8 Å². The molecule has 1 aromatic heterocycles. The molecule has 1 N–H and O–H groups in total. The van der Waals surface area contributed by atoms with E-state index in [4.69, 9.17) is 4.74 Å². The van der Waals surface area contributed by atoms with Gasteiger partial charge in [-0.25, -0.2) is 4.79 Å². The third-order valence-electron chi connectivity index (χ3n) is 3.00. The van der Waals surface area contributed by atoms with E-state index in [1.165, 1.54) is 45.3 Å². The molecule has 0 unspecified atom stereocenters. The van der Waals surface area contributed by atoms with Gasteiger partial charge in [0.1, 0.15) is 5.60 Å². The summed E-state index contributed by atoms with van der Waals surface area (Å²) in [6, 6.07) is 3.00. The number of carbonyl (C=O) groups is 1. The summed E-state index contributed by atoms with van der Waals surface area (Å²) in [5.41, 5.74) is -4.32. The van der Waals surface area contributed by atoms with Crippen molar-refractivity contribution in [2.75, 3.05) is 0 Å². The minimum atomic E-state index is -5.10. The molecule has 126 valence electrons. The number of alkyl halides is 3. The first-order valence-electron chi connectivity index (χ1n) is 6.74. The highest BCUT2D eigenvalue weighted by Gasteiger charge is 2.64. The molecule has 1 aromatic rings. The van der Waals surface area contributed by atoms with Gasteiger partial charge in [-0.05, 0) is 26.8 Å². The molecular formula is C14H16F3N3O3. The third kappa shape index (κ3) is 3.44. The van der Waals surface area contributed by atoms with Crippen LogP contribution in [-0.4, -0.2) is 44.4 Å². The lowest BCUT2D eigenvalue weighted by Gasteiger charge is -2.33. The minimum absolute atomic E-state index is 0.0550. The molecule has 6 nitrogen and oxygen atoms in total. The second-order valence-corrected chi connectivity index (χ2v) is 6.07. The maximum Gasteiger partial charge on any atom is 0.439 e. The van der Waals surface area contributed by atoms with Gasteiger partial charge in [0.05, 0.1) is 12.1 Å². The van der Waals surface area contributed by atoms with Crippen LogP contribution in [0.1, 0.15) is 32.8 Å². The van der Waals surface area contributed by atoms with Crippen molar-refractivity contribution in [3.63, 3.8) is 0 Å². The molecule has 1 atom stereocenters. The molecule has 2 rings (SSSR count). The zero-order valence-corrected chi connectivity index (χ0v) is 12.8. The van der Waals surface area contributed by atoms with Gasteiger partial charge < -0.3 is 9.84 Å². The van der Waals surface area contributed by atoms with E-state index < -0.39 is 30.0 Å². The van der Waals surface area contributed by atoms with Crippen LogP contribution in [0.3, 0.4) is 0 Å². The van der Waals surface area contributed by atoms with Crippen molar-refractivity contribution in [3.05, 3.63) is 30.1 Å². The highest BCUT2D eigenvalue weighted by Crippen LogP contribution is 2.41. The molecule has 0 saturated carbocycles. The Labute approximate surface area is 130 Å². The fourth-order valence-corrected chi connectivity index (χ4v) is 1.96. The normalized spacial score (nSPS) is 22.0. The number of hydrazone groups is 1. The monoisotopic (exact) mass is 331 g/mol. The largest absolute Gasteiger partial charge is 0.442 e. The second kappa shape index (κ2) is 5.48. The molecule has 0 aliphatic carbocycles. The van der Waals surface area contributed by atoms with Gasteiger partial charge >= 0.3 is 12.3 Å². The number of rotatable bonds is 1. The van der Waals surface area contributed by atoms with Crippen LogP contribution < -0.4 is 0 Å². The summed E-state index contributed by atoms with van der Waals surface area (Å²) in [6.07, 6.45) is -4.63. The quantitative estimate of drug-likeness (QED) is 0.858. The molecule has 1 aliphatic heterocycles. The molecule has 0 saturated heterocycles. The van der Waals surface area contributed by atoms with Crippen molar-refractivity contribution in [2.24, 2.45) is 5.10 Å². The fourth-order valence-electron chi connectivity index (χ4n) is 1.96. The van der Waals surface area contributed by atoms with Gasteiger partial charge in [0.2, 0.25) is 0 Å². The molecule has 1 amide bonds. The van der Waals surface area contributed by atoms with E-state index in [0.29, 0.717) is 0 Å². The number of hydrogen-bond donors (Lipinski definition) is 1. The SMILES string of the molecule is CC(C)(C)OC(=O)N1N=C(c2cccnc2)C[C@]1(O)C(F)(F)F. The highest BCUT2D eigenvalue weighted by atomic mass is 19.4. The lowest BCUT2D eigenvalue weighted by Crippen LogP contribution is -2.57. The summed E-state index contributed by atoms with van der Waals surface area (Å²) in [4.78, 5) is 15.8. The van der Waals surface area contributed by atoms with E-state index in [1.54, 1.807) is 0 Å². The Hall–Kier alpha value is -2.16. The van der Waals surface area contributed by atoms with Crippen LogP contribution in [0.2, 0.25) is 0 Å². The van der Waals surface area contributed by atoms with Crippen molar-refractivity contribution in [2.45, 2.75) is 44.7 Å². The predicted molar refractivity (Wildman–Crippen MR) is 74.5 cm³/mol. The number of ether oxygens (including phenoxy) is 1. The number of halogens is 3. The van der Waals surface area contributed by atoms with E-state index >= 15 is 0 Å². The van der Waals surface area contributed by atoms with Gasteiger partial charge in [-0.3, -0.25) is 4.98 Å². The Morgan fingerprint density at radius 3 is 2.52 bits per heavy atom. The zero-order valence-electron chi connectivity index (χ0n) is 12.8. The second-order valence-electron chi connectivity index (χ2n) is 6.07. The Morgan fingerprint density at radius 1 is 1.39 bits per heavy atom. The lowest BCUT2D eigenvalue weighted by atomic mass is 10.0. The number of amides is 1. The zero-order chi connectivity index (χ0) is 17.5. The van der Waals surface area contributed by atoms with Crippen LogP contribution in [0.4, 0.5) is 18.0 Å². The summed E-state index contributed by atoms with van der Waals surface area (Å²) in [5, 5.41) is 13.6. The van der Waals surface area contributed by atoms with E-state index in [9.17, 15) is 23.1 Å². The van der Waals surface area contributed by atoms with Crippen molar-refractivity contribution < 1.29 is 27.8 Å². The Balaban J connectivity index is 2.41. The van der Waals surface area contributed by atoms with Crippen LogP contribution in [0.15, 0.2) is 29.6 Å². The summed E-state index contributed by atoms with van der Waals surface area (Å²) in [5.74, 6) is 0. The number of aromatic nitrogens is 1. The summed E-state index contributed by atoms with van der Waals surface area (Å²) < 4.78 is 44.8. The van der Waals surface area contributed by atoms with E-state index in [0.717, 1.165) is 0 Å². The van der Waals surface area contributed by atoms with Crippen LogP contribution in [0.5, 0.6) is 0 Å². The van der Waals surface area contributed by atoms with Gasteiger partial charge in [0.25, 0.3) is 5.72 Å². The minimum Gasteiger partial charge on any atom is -0.442 e. The first-order chi connectivity index (χ1) is 10.4. The van der Waals surface area contributed by atoms with Gasteiger partial charge in [-0.1, -0.05) is 6.07 Å². The van der Waals surface area contributed by atoms with Crippen LogP contribution in [-0.2, 0) is 4.74 Å². The van der Waals surface area contributed by atoms with E-state index in [-0.39, 0.29) is 16.3 Å². The molecule has 0 aromatic carbocycles. The van der Waals surface area contributed by atoms with E-state index in [1.807, 2.05) is 0 Å². The third-order valence-corrected chi connectivity index (χ3v) is 3.00. The highest BCUT2D eigenvalue weighted by molar-refractivity contribution is 6.03. The smallest absolute Gasteiger partial charge is 0.439 e. The molecule has 0 bridgehead atoms. The van der Waals surface area contributed by atoms with Gasteiger partial charge in [0, 0.05) is 18.0 Å². The molecule has 0 fully saturated rings. The Bertz CT molecular complexity index is 626. The van der Waals surface area contributed by atoms with Crippen molar-refractivity contribution in [3.8, 4) is 0 Å². The number of carbonyl (C=O) groups excluding carboxylic acids is 1. The Morgan fingerprint density at radius 2 is 2.04 bits per heavy atom. The lowest BCUT2D eigenvalue weighted by molar-refractivity contribution is -0.300. The summed E-state index contributed by atoms with van der Waals surface area (Å²) in [6.45, 7) is 4.50. The summed E-state index contributed by atoms with van der Waals surface area (Å²) >= 11 is 0. The number of aliphatic hydroxyl groups is 1. The maximum absolute atomic E-state index is 13.3. The average molecular weight is 331 g/mol. The molecule has 9 heteroatoms. The number of pyridine rings is 1.